The van der Waals surface area contributed by atoms with Gasteiger partial charge in [0.2, 0.25) is 0 Å². The Kier molecular flexibility index (Phi) is 4.88. The van der Waals surface area contributed by atoms with E-state index in [1.54, 1.807) is 12.3 Å². The number of H-pyrrole nitrogens is 1. The second kappa shape index (κ2) is 7.08. The Morgan fingerprint density at radius 2 is 2.35 bits per heavy atom. The Balaban J connectivity index is 1.98. The molecule has 0 bridgehead atoms. The fourth-order valence-corrected chi connectivity index (χ4v) is 1.51. The van der Waals surface area contributed by atoms with Crippen molar-refractivity contribution in [2.24, 2.45) is 5.10 Å². The van der Waals surface area contributed by atoms with E-state index in [0.717, 1.165) is 17.7 Å². The molecule has 6 nitrogen and oxygen atoms in total. The van der Waals surface area contributed by atoms with Crippen LogP contribution in [0.4, 0.5) is 5.82 Å². The molecule has 0 amide bonds. The van der Waals surface area contributed by atoms with Crippen LogP contribution in [0.3, 0.4) is 0 Å². The minimum Gasteiger partial charge on any atom is -0.494 e. The quantitative estimate of drug-likeness (QED) is 0.622. The lowest BCUT2D eigenvalue weighted by Crippen LogP contribution is -2.10. The maximum atomic E-state index is 11.0. The van der Waals surface area contributed by atoms with Crippen molar-refractivity contribution in [1.29, 1.82) is 0 Å². The van der Waals surface area contributed by atoms with Gasteiger partial charge in [-0.2, -0.15) is 5.10 Å². The van der Waals surface area contributed by atoms with Gasteiger partial charge in [0.05, 0.1) is 12.8 Å². The van der Waals surface area contributed by atoms with E-state index in [1.807, 2.05) is 24.3 Å². The lowest BCUT2D eigenvalue weighted by molar-refractivity contribution is 0.317. The number of aromatic nitrogens is 2. The number of ether oxygens (including phenoxy) is 1. The van der Waals surface area contributed by atoms with Crippen molar-refractivity contribution in [2.45, 2.75) is 13.3 Å². The van der Waals surface area contributed by atoms with Crippen molar-refractivity contribution < 1.29 is 4.74 Å². The van der Waals surface area contributed by atoms with Gasteiger partial charge in [0.1, 0.15) is 11.6 Å². The molecule has 1 aromatic carbocycles. The first-order chi connectivity index (χ1) is 9.78. The molecule has 1 heterocycles. The number of nitrogens with zero attached hydrogens (tertiary/aromatic N) is 2. The normalized spacial score (nSPS) is 10.7. The van der Waals surface area contributed by atoms with Gasteiger partial charge in [-0.3, -0.25) is 10.4 Å². The summed E-state index contributed by atoms with van der Waals surface area (Å²) in [7, 11) is 0. The molecule has 0 radical (unpaired) electrons. The van der Waals surface area contributed by atoms with Gasteiger partial charge in [-0.1, -0.05) is 19.1 Å². The highest BCUT2D eigenvalue weighted by Gasteiger charge is 1.94. The molecule has 20 heavy (non-hydrogen) atoms. The van der Waals surface area contributed by atoms with Crippen molar-refractivity contribution in [3.8, 4) is 5.75 Å². The number of hydrogen-bond donors (Lipinski definition) is 2. The molecule has 0 aliphatic heterocycles. The molecule has 0 aliphatic rings. The summed E-state index contributed by atoms with van der Waals surface area (Å²) in [5, 5.41) is 4.05. The fourth-order valence-electron chi connectivity index (χ4n) is 1.51. The predicted molar refractivity (Wildman–Crippen MR) is 78.3 cm³/mol. The number of anilines is 1. The highest BCUT2D eigenvalue weighted by molar-refractivity contribution is 5.80. The summed E-state index contributed by atoms with van der Waals surface area (Å²) in [6.07, 6.45) is 4.03. The van der Waals surface area contributed by atoms with Crippen molar-refractivity contribution in [3.63, 3.8) is 0 Å². The first-order valence-electron chi connectivity index (χ1n) is 6.35. The average molecular weight is 272 g/mol. The smallest absolute Gasteiger partial charge is 0.346 e. The Labute approximate surface area is 116 Å². The van der Waals surface area contributed by atoms with Crippen LogP contribution in [0.1, 0.15) is 18.9 Å². The summed E-state index contributed by atoms with van der Waals surface area (Å²) in [6.45, 7) is 2.75. The molecular formula is C14H16N4O2. The molecule has 6 heteroatoms. The van der Waals surface area contributed by atoms with Crippen LogP contribution in [0, 0.1) is 0 Å². The van der Waals surface area contributed by atoms with Crippen LogP contribution in [-0.2, 0) is 0 Å². The van der Waals surface area contributed by atoms with E-state index in [9.17, 15) is 4.79 Å². The van der Waals surface area contributed by atoms with Crippen LogP contribution < -0.4 is 15.9 Å². The van der Waals surface area contributed by atoms with Crippen molar-refractivity contribution >= 4 is 12.0 Å². The summed E-state index contributed by atoms with van der Waals surface area (Å²) in [5.41, 5.74) is 3.22. The van der Waals surface area contributed by atoms with Gasteiger partial charge in [-0.25, -0.2) is 9.78 Å². The van der Waals surface area contributed by atoms with E-state index in [0.29, 0.717) is 12.4 Å². The highest BCUT2D eigenvalue weighted by atomic mass is 16.5. The minimum absolute atomic E-state index is 0.417. The second-order valence-electron chi connectivity index (χ2n) is 4.08. The lowest BCUT2D eigenvalue weighted by atomic mass is 10.2. The molecule has 0 unspecified atom stereocenters. The number of hydrogen-bond acceptors (Lipinski definition) is 5. The summed E-state index contributed by atoms with van der Waals surface area (Å²) in [4.78, 5) is 17.0. The van der Waals surface area contributed by atoms with E-state index in [2.05, 4.69) is 27.4 Å². The van der Waals surface area contributed by atoms with Crippen molar-refractivity contribution in [2.75, 3.05) is 12.0 Å². The van der Waals surface area contributed by atoms with Gasteiger partial charge >= 0.3 is 5.69 Å². The molecular weight excluding hydrogens is 256 g/mol. The Morgan fingerprint density at radius 1 is 1.45 bits per heavy atom. The molecule has 0 saturated heterocycles. The predicted octanol–water partition coefficient (Wildman–Crippen LogP) is 2.00. The molecule has 2 aromatic rings. The maximum Gasteiger partial charge on any atom is 0.346 e. The number of benzene rings is 1. The fraction of sp³-hybridized carbons (Fsp3) is 0.214. The van der Waals surface area contributed by atoms with E-state index in [-0.39, 0.29) is 0 Å². The summed E-state index contributed by atoms with van der Waals surface area (Å²) in [6, 6.07) is 9.25. The third kappa shape index (κ3) is 4.24. The van der Waals surface area contributed by atoms with E-state index in [1.165, 1.54) is 6.20 Å². The van der Waals surface area contributed by atoms with E-state index < -0.39 is 5.69 Å². The Morgan fingerprint density at radius 3 is 3.15 bits per heavy atom. The molecule has 1 aromatic heterocycles. The molecule has 0 atom stereocenters. The number of hydrazone groups is 1. The minimum atomic E-state index is -0.417. The monoisotopic (exact) mass is 272 g/mol. The standard InChI is InChI=1S/C14H16N4O2/c1-2-8-20-12-5-3-4-11(9-12)10-16-18-13-6-7-15-14(19)17-13/h3-7,9-10H,2,8H2,1H3,(H2,15,17,18,19)/b16-10-. The largest absolute Gasteiger partial charge is 0.494 e. The zero-order valence-corrected chi connectivity index (χ0v) is 11.2. The second-order valence-corrected chi connectivity index (χ2v) is 4.08. The zero-order chi connectivity index (χ0) is 14.2. The number of aromatic amines is 1. The molecule has 0 aliphatic carbocycles. The Hall–Kier alpha value is -2.63. The molecule has 2 rings (SSSR count). The van der Waals surface area contributed by atoms with Crippen LogP contribution in [0.25, 0.3) is 0 Å². The third-order valence-corrected chi connectivity index (χ3v) is 2.40. The Bertz CT molecular complexity index is 637. The van der Waals surface area contributed by atoms with Gasteiger partial charge in [-0.15, -0.1) is 0 Å². The molecule has 104 valence electrons. The SMILES string of the molecule is CCCOc1cccc(/C=N\Nc2ccnc(=O)[nH]2)c1. The number of rotatable bonds is 6. The van der Waals surface area contributed by atoms with Crippen LogP contribution >= 0.6 is 0 Å². The van der Waals surface area contributed by atoms with Gasteiger partial charge in [0.25, 0.3) is 0 Å². The summed E-state index contributed by atoms with van der Waals surface area (Å²) < 4.78 is 5.54. The van der Waals surface area contributed by atoms with Crippen LogP contribution in [0.5, 0.6) is 5.75 Å². The lowest BCUT2D eigenvalue weighted by Gasteiger charge is -2.04. The summed E-state index contributed by atoms with van der Waals surface area (Å²) >= 11 is 0. The summed E-state index contributed by atoms with van der Waals surface area (Å²) in [5.74, 6) is 1.30. The van der Waals surface area contributed by atoms with Crippen LogP contribution in [-0.4, -0.2) is 22.8 Å². The molecule has 0 saturated carbocycles. The molecule has 2 N–H and O–H groups in total. The van der Waals surface area contributed by atoms with E-state index in [4.69, 9.17) is 4.74 Å². The first-order valence-corrected chi connectivity index (χ1v) is 6.35. The topological polar surface area (TPSA) is 79.4 Å². The highest BCUT2D eigenvalue weighted by Crippen LogP contribution is 2.12. The first kappa shape index (κ1) is 13.8. The zero-order valence-electron chi connectivity index (χ0n) is 11.2. The van der Waals surface area contributed by atoms with Crippen LogP contribution in [0.2, 0.25) is 0 Å². The van der Waals surface area contributed by atoms with Crippen molar-refractivity contribution in [3.05, 3.63) is 52.6 Å². The third-order valence-electron chi connectivity index (χ3n) is 2.40. The van der Waals surface area contributed by atoms with Gasteiger partial charge in [-0.05, 0) is 30.2 Å². The van der Waals surface area contributed by atoms with Gasteiger partial charge in [0, 0.05) is 6.20 Å². The van der Waals surface area contributed by atoms with Crippen LogP contribution in [0.15, 0.2) is 46.4 Å². The van der Waals surface area contributed by atoms with Gasteiger partial charge < -0.3 is 4.74 Å². The van der Waals surface area contributed by atoms with Gasteiger partial charge in [0.15, 0.2) is 0 Å². The molecule has 0 fully saturated rings. The van der Waals surface area contributed by atoms with Crippen molar-refractivity contribution in [1.82, 2.24) is 9.97 Å². The van der Waals surface area contributed by atoms with E-state index >= 15 is 0 Å². The average Bonchev–Trinajstić information content (AvgIpc) is 2.46. The number of nitrogens with one attached hydrogen (secondary N) is 2. The molecule has 0 spiro atoms. The maximum absolute atomic E-state index is 11.0.